The van der Waals surface area contributed by atoms with Gasteiger partial charge >= 0.3 is 0 Å². The molecule has 1 aromatic carbocycles. The lowest BCUT2D eigenvalue weighted by Crippen LogP contribution is -2.25. The molecule has 0 radical (unpaired) electrons. The van der Waals surface area contributed by atoms with Gasteiger partial charge in [0.2, 0.25) is 0 Å². The van der Waals surface area contributed by atoms with Crippen molar-refractivity contribution in [2.24, 2.45) is 0 Å². The zero-order valence-electron chi connectivity index (χ0n) is 12.2. The monoisotopic (exact) mass is 298 g/mol. The fourth-order valence-corrected chi connectivity index (χ4v) is 2.39. The van der Waals surface area contributed by atoms with E-state index in [0.29, 0.717) is 23.2 Å². The Hall–Kier alpha value is -1.13. The average Bonchev–Trinajstić information content (AvgIpc) is 2.42. The van der Waals surface area contributed by atoms with Gasteiger partial charge in [-0.1, -0.05) is 50.3 Å². The fraction of sp³-hybridized carbons (Fsp3) is 0.600. The Balaban J connectivity index is 2.50. The predicted octanol–water partition coefficient (Wildman–Crippen LogP) is 4.70. The van der Waals surface area contributed by atoms with Gasteiger partial charge in [-0.05, 0) is 19.4 Å². The summed E-state index contributed by atoms with van der Waals surface area (Å²) in [7, 11) is 0. The van der Waals surface area contributed by atoms with Crippen molar-refractivity contribution in [1.29, 1.82) is 0 Å². The standard InChI is InChI=1S/C15H23ClN2O2/c1-3-4-5-6-8-12(2)17-11-13-14(16)9-7-10-15(13)18(19)20/h7,9-10,12,17H,3-6,8,11H2,1-2H3. The van der Waals surface area contributed by atoms with Crippen LogP contribution in [0, 0.1) is 10.1 Å². The lowest BCUT2D eigenvalue weighted by molar-refractivity contribution is -0.385. The van der Waals surface area contributed by atoms with Crippen LogP contribution in [-0.2, 0) is 6.54 Å². The van der Waals surface area contributed by atoms with Gasteiger partial charge in [0, 0.05) is 18.7 Å². The van der Waals surface area contributed by atoms with Crippen molar-refractivity contribution in [3.63, 3.8) is 0 Å². The highest BCUT2D eigenvalue weighted by Gasteiger charge is 2.16. The Morgan fingerprint density at radius 2 is 2.10 bits per heavy atom. The average molecular weight is 299 g/mol. The zero-order chi connectivity index (χ0) is 15.0. The van der Waals surface area contributed by atoms with Crippen LogP contribution in [-0.4, -0.2) is 11.0 Å². The minimum atomic E-state index is -0.380. The molecule has 1 atom stereocenters. The van der Waals surface area contributed by atoms with E-state index in [1.165, 1.54) is 31.7 Å². The molecule has 0 saturated carbocycles. The number of nitro benzene ring substituents is 1. The summed E-state index contributed by atoms with van der Waals surface area (Å²) < 4.78 is 0. The molecule has 0 spiro atoms. The second kappa shape index (κ2) is 8.93. The largest absolute Gasteiger partial charge is 0.310 e. The lowest BCUT2D eigenvalue weighted by atomic mass is 10.1. The van der Waals surface area contributed by atoms with Crippen LogP contribution in [0.5, 0.6) is 0 Å². The third-order valence-electron chi connectivity index (χ3n) is 3.41. The summed E-state index contributed by atoms with van der Waals surface area (Å²) in [5.41, 5.74) is 0.655. The van der Waals surface area contributed by atoms with E-state index < -0.39 is 0 Å². The first-order valence-corrected chi connectivity index (χ1v) is 7.59. The zero-order valence-corrected chi connectivity index (χ0v) is 12.9. The molecule has 0 aliphatic heterocycles. The predicted molar refractivity (Wildman–Crippen MR) is 83.2 cm³/mol. The summed E-state index contributed by atoms with van der Waals surface area (Å²) in [5.74, 6) is 0. The van der Waals surface area contributed by atoms with E-state index in [1.807, 2.05) is 0 Å². The van der Waals surface area contributed by atoms with E-state index in [-0.39, 0.29) is 10.6 Å². The van der Waals surface area contributed by atoms with E-state index in [1.54, 1.807) is 12.1 Å². The lowest BCUT2D eigenvalue weighted by Gasteiger charge is -2.14. The molecule has 0 saturated heterocycles. The maximum absolute atomic E-state index is 11.0. The summed E-state index contributed by atoms with van der Waals surface area (Å²) in [4.78, 5) is 10.6. The molecule has 0 amide bonds. The maximum atomic E-state index is 11.0. The van der Waals surface area contributed by atoms with Crippen LogP contribution in [0.15, 0.2) is 18.2 Å². The smallest absolute Gasteiger partial charge is 0.275 e. The molecule has 0 aliphatic carbocycles. The highest BCUT2D eigenvalue weighted by Crippen LogP contribution is 2.26. The molecule has 1 unspecified atom stereocenters. The number of nitrogens with one attached hydrogen (secondary N) is 1. The van der Waals surface area contributed by atoms with Gasteiger partial charge < -0.3 is 5.32 Å². The van der Waals surface area contributed by atoms with E-state index in [9.17, 15) is 10.1 Å². The molecule has 5 heteroatoms. The third-order valence-corrected chi connectivity index (χ3v) is 3.76. The number of halogens is 1. The molecule has 0 aliphatic rings. The number of hydrogen-bond acceptors (Lipinski definition) is 3. The first-order valence-electron chi connectivity index (χ1n) is 7.21. The van der Waals surface area contributed by atoms with Crippen LogP contribution >= 0.6 is 11.6 Å². The highest BCUT2D eigenvalue weighted by molar-refractivity contribution is 6.31. The van der Waals surface area contributed by atoms with Crippen LogP contribution in [0.2, 0.25) is 5.02 Å². The molecule has 0 aromatic heterocycles. The quantitative estimate of drug-likeness (QED) is 0.408. The Kier molecular flexibility index (Phi) is 7.55. The van der Waals surface area contributed by atoms with Gasteiger partial charge in [-0.15, -0.1) is 0 Å². The van der Waals surface area contributed by atoms with Crippen LogP contribution in [0.3, 0.4) is 0 Å². The molecule has 112 valence electrons. The third kappa shape index (κ3) is 5.47. The molecule has 1 rings (SSSR count). The molecule has 0 bridgehead atoms. The molecule has 4 nitrogen and oxygen atoms in total. The van der Waals surface area contributed by atoms with Gasteiger partial charge in [0.15, 0.2) is 0 Å². The second-order valence-electron chi connectivity index (χ2n) is 5.13. The molecule has 1 aromatic rings. The number of benzene rings is 1. The molecular weight excluding hydrogens is 276 g/mol. The summed E-state index contributed by atoms with van der Waals surface area (Å²) in [6.45, 7) is 4.73. The Labute approximate surface area is 125 Å². The van der Waals surface area contributed by atoms with Crippen LogP contribution in [0.1, 0.15) is 51.5 Å². The Morgan fingerprint density at radius 1 is 1.35 bits per heavy atom. The van der Waals surface area contributed by atoms with Crippen LogP contribution in [0.25, 0.3) is 0 Å². The summed E-state index contributed by atoms with van der Waals surface area (Å²) in [5, 5.41) is 14.8. The van der Waals surface area contributed by atoms with Gasteiger partial charge in [0.1, 0.15) is 0 Å². The van der Waals surface area contributed by atoms with Crippen molar-refractivity contribution >= 4 is 17.3 Å². The molecule has 1 N–H and O–H groups in total. The van der Waals surface area contributed by atoms with Crippen LogP contribution in [0.4, 0.5) is 5.69 Å². The van der Waals surface area contributed by atoms with E-state index in [4.69, 9.17) is 11.6 Å². The SMILES string of the molecule is CCCCCCC(C)NCc1c(Cl)cccc1[N+](=O)[O-]. The van der Waals surface area contributed by atoms with E-state index in [2.05, 4.69) is 19.2 Å². The normalized spacial score (nSPS) is 12.3. The minimum absolute atomic E-state index is 0.0863. The van der Waals surface area contributed by atoms with Crippen molar-refractivity contribution < 1.29 is 4.92 Å². The van der Waals surface area contributed by atoms with Gasteiger partial charge in [-0.3, -0.25) is 10.1 Å². The Morgan fingerprint density at radius 3 is 2.75 bits per heavy atom. The van der Waals surface area contributed by atoms with Crippen molar-refractivity contribution in [2.45, 2.75) is 58.5 Å². The molecule has 0 heterocycles. The summed E-state index contributed by atoms with van der Waals surface area (Å²) >= 11 is 6.06. The van der Waals surface area contributed by atoms with E-state index in [0.717, 1.165) is 6.42 Å². The van der Waals surface area contributed by atoms with Gasteiger partial charge in [-0.2, -0.15) is 0 Å². The Bertz CT molecular complexity index is 438. The topological polar surface area (TPSA) is 55.2 Å². The molecular formula is C15H23ClN2O2. The summed E-state index contributed by atoms with van der Waals surface area (Å²) in [6, 6.07) is 5.13. The van der Waals surface area contributed by atoms with E-state index >= 15 is 0 Å². The molecule has 0 fully saturated rings. The first-order chi connectivity index (χ1) is 9.56. The van der Waals surface area contributed by atoms with Gasteiger partial charge in [0.05, 0.1) is 15.5 Å². The number of nitrogens with zero attached hydrogens (tertiary/aromatic N) is 1. The van der Waals surface area contributed by atoms with Crippen LogP contribution < -0.4 is 5.32 Å². The maximum Gasteiger partial charge on any atom is 0.275 e. The van der Waals surface area contributed by atoms with Crippen molar-refractivity contribution in [1.82, 2.24) is 5.32 Å². The minimum Gasteiger partial charge on any atom is -0.310 e. The molecule has 20 heavy (non-hydrogen) atoms. The number of hydrogen-bond donors (Lipinski definition) is 1. The number of rotatable bonds is 9. The number of unbranched alkanes of at least 4 members (excludes halogenated alkanes) is 3. The van der Waals surface area contributed by atoms with Crippen molar-refractivity contribution in [2.75, 3.05) is 0 Å². The van der Waals surface area contributed by atoms with Crippen molar-refractivity contribution in [3.8, 4) is 0 Å². The van der Waals surface area contributed by atoms with Crippen molar-refractivity contribution in [3.05, 3.63) is 38.9 Å². The second-order valence-corrected chi connectivity index (χ2v) is 5.53. The van der Waals surface area contributed by atoms with Gasteiger partial charge in [0.25, 0.3) is 5.69 Å². The fourth-order valence-electron chi connectivity index (χ4n) is 2.15. The first kappa shape index (κ1) is 16.9. The van der Waals surface area contributed by atoms with Gasteiger partial charge in [-0.25, -0.2) is 0 Å². The number of nitro groups is 1. The highest BCUT2D eigenvalue weighted by atomic mass is 35.5. The summed E-state index contributed by atoms with van der Waals surface area (Å²) in [6.07, 6.45) is 6.01.